The van der Waals surface area contributed by atoms with Crippen molar-refractivity contribution < 1.29 is 14.2 Å². The second kappa shape index (κ2) is 7.64. The molecule has 0 fully saturated rings. The number of benzene rings is 2. The zero-order chi connectivity index (χ0) is 15.2. The van der Waals surface area contributed by atoms with Gasteiger partial charge in [-0.05, 0) is 30.3 Å². The molecule has 0 saturated heterocycles. The van der Waals surface area contributed by atoms with Gasteiger partial charge in [0.05, 0.1) is 10.7 Å². The first-order valence-corrected chi connectivity index (χ1v) is 7.47. The van der Waals surface area contributed by atoms with E-state index < -0.39 is 11.9 Å². The van der Waals surface area contributed by atoms with Crippen LogP contribution < -0.4 is 10.1 Å². The summed E-state index contributed by atoms with van der Waals surface area (Å²) in [5.74, 6) is -0.327. The van der Waals surface area contributed by atoms with E-state index in [0.717, 1.165) is 4.47 Å². The molecule has 0 saturated carbocycles. The molecule has 2 aromatic rings. The molecule has 0 aliphatic heterocycles. The summed E-state index contributed by atoms with van der Waals surface area (Å²) in [6.45, 7) is 0.234. The number of nitrogens with one attached hydrogen (secondary N) is 1. The average molecular weight is 375 g/mol. The van der Waals surface area contributed by atoms with Gasteiger partial charge in [-0.25, -0.2) is 4.39 Å². The number of halogens is 3. The van der Waals surface area contributed by atoms with Gasteiger partial charge in [-0.3, -0.25) is 0 Å². The van der Waals surface area contributed by atoms with Gasteiger partial charge in [0.2, 0.25) is 0 Å². The number of aliphatic hydroxyl groups is 1. The number of rotatable bonds is 6. The minimum atomic E-state index is -0.788. The van der Waals surface area contributed by atoms with Crippen LogP contribution in [0.4, 0.5) is 10.1 Å². The molecule has 6 heteroatoms. The van der Waals surface area contributed by atoms with Gasteiger partial charge in [-0.1, -0.05) is 39.7 Å². The molecule has 21 heavy (non-hydrogen) atoms. The standard InChI is InChI=1S/C15H14BrClFNO2/c16-10-5-6-14(12(17)7-10)19-8-11(20)9-21-15-4-2-1-3-13(15)18/h1-7,11,19-20H,8-9H2. The zero-order valence-corrected chi connectivity index (χ0v) is 13.4. The van der Waals surface area contributed by atoms with E-state index in [4.69, 9.17) is 16.3 Å². The highest BCUT2D eigenvalue weighted by molar-refractivity contribution is 9.10. The topological polar surface area (TPSA) is 41.5 Å². The molecule has 0 radical (unpaired) electrons. The van der Waals surface area contributed by atoms with Crippen molar-refractivity contribution in [3.8, 4) is 5.75 Å². The smallest absolute Gasteiger partial charge is 0.165 e. The first-order chi connectivity index (χ1) is 10.1. The van der Waals surface area contributed by atoms with Gasteiger partial charge in [0, 0.05) is 11.0 Å². The number of aliphatic hydroxyl groups excluding tert-OH is 1. The molecule has 3 nitrogen and oxygen atoms in total. The quantitative estimate of drug-likeness (QED) is 0.800. The number of hydrogen-bond donors (Lipinski definition) is 2. The van der Waals surface area contributed by atoms with E-state index in [2.05, 4.69) is 21.2 Å². The third-order valence-corrected chi connectivity index (χ3v) is 3.53. The highest BCUT2D eigenvalue weighted by Gasteiger charge is 2.09. The Balaban J connectivity index is 1.82. The van der Waals surface area contributed by atoms with Crippen LogP contribution in [0, 0.1) is 5.82 Å². The minimum absolute atomic E-state index is 0.0118. The van der Waals surface area contributed by atoms with Gasteiger partial charge in [0.1, 0.15) is 12.7 Å². The largest absolute Gasteiger partial charge is 0.488 e. The van der Waals surface area contributed by atoms with E-state index in [1.165, 1.54) is 12.1 Å². The van der Waals surface area contributed by atoms with Crippen LogP contribution >= 0.6 is 27.5 Å². The monoisotopic (exact) mass is 373 g/mol. The lowest BCUT2D eigenvalue weighted by molar-refractivity contribution is 0.115. The summed E-state index contributed by atoms with van der Waals surface area (Å²) in [4.78, 5) is 0. The Morgan fingerprint density at radius 2 is 2.05 bits per heavy atom. The lowest BCUT2D eigenvalue weighted by Crippen LogP contribution is -2.26. The SMILES string of the molecule is OC(CNc1ccc(Br)cc1Cl)COc1ccccc1F. The zero-order valence-electron chi connectivity index (χ0n) is 11.0. The molecule has 2 aromatic carbocycles. The molecule has 112 valence electrons. The highest BCUT2D eigenvalue weighted by atomic mass is 79.9. The molecule has 1 atom stereocenters. The maximum Gasteiger partial charge on any atom is 0.165 e. The van der Waals surface area contributed by atoms with E-state index in [0.29, 0.717) is 10.7 Å². The molecule has 0 aromatic heterocycles. The van der Waals surface area contributed by atoms with E-state index >= 15 is 0 Å². The van der Waals surface area contributed by atoms with E-state index in [1.807, 2.05) is 6.07 Å². The minimum Gasteiger partial charge on any atom is -0.488 e. The van der Waals surface area contributed by atoms with Gasteiger partial charge in [-0.15, -0.1) is 0 Å². The molecule has 0 aliphatic carbocycles. The van der Waals surface area contributed by atoms with Gasteiger partial charge >= 0.3 is 0 Å². The predicted octanol–water partition coefficient (Wildman–Crippen LogP) is 4.09. The normalized spacial score (nSPS) is 12.0. The molecule has 0 spiro atoms. The van der Waals surface area contributed by atoms with Crippen molar-refractivity contribution in [2.24, 2.45) is 0 Å². The second-order valence-corrected chi connectivity index (χ2v) is 5.72. The summed E-state index contributed by atoms with van der Waals surface area (Å²) in [7, 11) is 0. The first kappa shape index (κ1) is 16.1. The summed E-state index contributed by atoms with van der Waals surface area (Å²) < 4.78 is 19.4. The average Bonchev–Trinajstić information content (AvgIpc) is 2.45. The van der Waals surface area contributed by atoms with Crippen LogP contribution in [0.3, 0.4) is 0 Å². The maximum atomic E-state index is 13.3. The summed E-state index contributed by atoms with van der Waals surface area (Å²) in [5.41, 5.74) is 0.713. The molecule has 0 heterocycles. The summed E-state index contributed by atoms with van der Waals surface area (Å²) in [6, 6.07) is 11.5. The van der Waals surface area contributed by atoms with Gasteiger partial charge in [0.15, 0.2) is 11.6 Å². The first-order valence-electron chi connectivity index (χ1n) is 6.30. The lowest BCUT2D eigenvalue weighted by atomic mass is 10.3. The second-order valence-electron chi connectivity index (χ2n) is 4.40. The summed E-state index contributed by atoms with van der Waals surface area (Å²) >= 11 is 9.37. The van der Waals surface area contributed by atoms with Crippen LogP contribution in [-0.2, 0) is 0 Å². The molecule has 0 bridgehead atoms. The Labute approximate surface area is 135 Å². The highest BCUT2D eigenvalue weighted by Crippen LogP contribution is 2.25. The van der Waals surface area contributed by atoms with Crippen LogP contribution in [0.5, 0.6) is 5.75 Å². The van der Waals surface area contributed by atoms with Crippen molar-refractivity contribution in [2.75, 3.05) is 18.5 Å². The van der Waals surface area contributed by atoms with Gasteiger partial charge in [-0.2, -0.15) is 0 Å². The van der Waals surface area contributed by atoms with Crippen LogP contribution in [-0.4, -0.2) is 24.4 Å². The fraction of sp³-hybridized carbons (Fsp3) is 0.200. The Bertz CT molecular complexity index is 612. The van der Waals surface area contributed by atoms with E-state index in [-0.39, 0.29) is 18.9 Å². The number of ether oxygens (including phenoxy) is 1. The van der Waals surface area contributed by atoms with Crippen LogP contribution in [0.2, 0.25) is 5.02 Å². The Morgan fingerprint density at radius 3 is 2.76 bits per heavy atom. The van der Waals surface area contributed by atoms with E-state index in [1.54, 1.807) is 24.3 Å². The Hall–Kier alpha value is -1.30. The van der Waals surface area contributed by atoms with Crippen molar-refractivity contribution in [3.63, 3.8) is 0 Å². The number of anilines is 1. The molecule has 2 rings (SSSR count). The lowest BCUT2D eigenvalue weighted by Gasteiger charge is -2.15. The third-order valence-electron chi connectivity index (χ3n) is 2.73. The maximum absolute atomic E-state index is 13.3. The van der Waals surface area contributed by atoms with Crippen molar-refractivity contribution in [1.82, 2.24) is 0 Å². The Kier molecular flexibility index (Phi) is 5.85. The molecule has 0 aliphatic rings. The Morgan fingerprint density at radius 1 is 1.29 bits per heavy atom. The van der Waals surface area contributed by atoms with Crippen molar-refractivity contribution in [1.29, 1.82) is 0 Å². The van der Waals surface area contributed by atoms with Crippen LogP contribution in [0.25, 0.3) is 0 Å². The fourth-order valence-corrected chi connectivity index (χ4v) is 2.41. The van der Waals surface area contributed by atoms with Crippen LogP contribution in [0.15, 0.2) is 46.9 Å². The molecule has 2 N–H and O–H groups in total. The molecule has 0 amide bonds. The number of hydrogen-bond acceptors (Lipinski definition) is 3. The molecule has 1 unspecified atom stereocenters. The van der Waals surface area contributed by atoms with Crippen molar-refractivity contribution in [3.05, 3.63) is 57.8 Å². The van der Waals surface area contributed by atoms with Crippen LogP contribution in [0.1, 0.15) is 0 Å². The van der Waals surface area contributed by atoms with Gasteiger partial charge in [0.25, 0.3) is 0 Å². The fourth-order valence-electron chi connectivity index (χ4n) is 1.67. The summed E-state index contributed by atoms with van der Waals surface area (Å²) in [6.07, 6.45) is -0.788. The molecular weight excluding hydrogens is 361 g/mol. The van der Waals surface area contributed by atoms with Crippen molar-refractivity contribution >= 4 is 33.2 Å². The predicted molar refractivity (Wildman–Crippen MR) is 85.5 cm³/mol. The third kappa shape index (κ3) is 4.88. The van der Waals surface area contributed by atoms with Crippen molar-refractivity contribution in [2.45, 2.75) is 6.10 Å². The molecular formula is C15H14BrClFNO2. The van der Waals surface area contributed by atoms with E-state index in [9.17, 15) is 9.50 Å². The number of para-hydroxylation sites is 1. The van der Waals surface area contributed by atoms with Gasteiger partial charge < -0.3 is 15.2 Å². The summed E-state index contributed by atoms with van der Waals surface area (Å²) in [5, 5.41) is 13.4.